The maximum atomic E-state index is 13.9. The fourth-order valence-corrected chi connectivity index (χ4v) is 13.7. The van der Waals surface area contributed by atoms with Crippen molar-refractivity contribution in [2.75, 3.05) is 21.3 Å². The van der Waals surface area contributed by atoms with Crippen LogP contribution in [0.3, 0.4) is 0 Å². The molecule has 0 amide bonds. The van der Waals surface area contributed by atoms with Gasteiger partial charge in [0.2, 0.25) is 0 Å². The van der Waals surface area contributed by atoms with Crippen LogP contribution in [0.25, 0.3) is 0 Å². The minimum atomic E-state index is -1.90. The first-order valence-electron chi connectivity index (χ1n) is 24.6. The Morgan fingerprint density at radius 1 is 0.710 bits per heavy atom. The molecule has 1 aromatic rings. The van der Waals surface area contributed by atoms with Crippen LogP contribution < -0.4 is 0 Å². The summed E-state index contributed by atoms with van der Waals surface area (Å²) >= 11 is 0. The number of aliphatic hydroxyl groups excluding tert-OH is 2. The number of esters is 2. The van der Waals surface area contributed by atoms with Crippen molar-refractivity contribution in [2.24, 2.45) is 22.7 Å². The number of rotatable bonds is 13. The monoisotopic (exact) mass is 974 g/mol. The summed E-state index contributed by atoms with van der Waals surface area (Å²) in [4.78, 5) is 40.5. The number of benzene rings is 1. The molecule has 22 atom stereocenters. The number of fused-ring (bicyclic) bond motifs is 5. The zero-order valence-corrected chi connectivity index (χ0v) is 41.5. The lowest BCUT2D eigenvalue weighted by Gasteiger charge is -2.68. The summed E-state index contributed by atoms with van der Waals surface area (Å²) in [5.41, 5.74) is -4.92. The molecule has 4 N–H and O–H groups in total. The Balaban J connectivity index is 0.961. The lowest BCUT2D eigenvalue weighted by Crippen LogP contribution is -2.80. The molecule has 0 unspecified atom stereocenters. The highest BCUT2D eigenvalue weighted by Gasteiger charge is 2.80. The van der Waals surface area contributed by atoms with Crippen molar-refractivity contribution < 1.29 is 86.9 Å². The number of hydrogen-bond acceptors (Lipinski definition) is 18. The van der Waals surface area contributed by atoms with Crippen molar-refractivity contribution in [3.05, 3.63) is 47.5 Å². The van der Waals surface area contributed by atoms with Gasteiger partial charge in [0.25, 0.3) is 0 Å². The Kier molecular flexibility index (Phi) is 15.3. The van der Waals surface area contributed by atoms with E-state index in [4.69, 9.17) is 52.1 Å². The third kappa shape index (κ3) is 9.05. The van der Waals surface area contributed by atoms with Gasteiger partial charge in [0.1, 0.15) is 59.7 Å². The van der Waals surface area contributed by atoms with Gasteiger partial charge in [0.15, 0.2) is 18.9 Å². The highest BCUT2D eigenvalue weighted by atomic mass is 16.8. The zero-order chi connectivity index (χ0) is 50.0. The maximum absolute atomic E-state index is 13.9. The quantitative estimate of drug-likeness (QED) is 0.163. The largest absolute Gasteiger partial charge is 0.458 e. The van der Waals surface area contributed by atoms with Crippen LogP contribution in [0.1, 0.15) is 110 Å². The second-order valence-corrected chi connectivity index (χ2v) is 21.0. The first-order chi connectivity index (χ1) is 32.6. The fraction of sp³-hybridized carbons (Fsp3) is 0.784. The Labute approximate surface area is 404 Å². The summed E-state index contributed by atoms with van der Waals surface area (Å²) in [5.74, 6) is -3.27. The molecule has 4 aliphatic carbocycles. The molecule has 0 bridgehead atoms. The first kappa shape index (κ1) is 52.4. The van der Waals surface area contributed by atoms with Gasteiger partial charge in [-0.05, 0) is 83.8 Å². The van der Waals surface area contributed by atoms with E-state index >= 15 is 0 Å². The lowest BCUT2D eigenvalue weighted by atomic mass is 9.42. The third-order valence-electron chi connectivity index (χ3n) is 17.3. The molecular formula is C51H74O18. The zero-order valence-electron chi connectivity index (χ0n) is 41.5. The van der Waals surface area contributed by atoms with E-state index in [-0.39, 0.29) is 43.1 Å². The Hall–Kier alpha value is -2.95. The van der Waals surface area contributed by atoms with Crippen molar-refractivity contribution in [1.29, 1.82) is 0 Å². The number of methoxy groups -OCH3 is 3. The van der Waals surface area contributed by atoms with Crippen LogP contribution in [-0.4, -0.2) is 169 Å². The van der Waals surface area contributed by atoms with Gasteiger partial charge < -0.3 is 72.5 Å². The Morgan fingerprint density at radius 2 is 1.33 bits per heavy atom. The summed E-state index contributed by atoms with van der Waals surface area (Å²) < 4.78 is 68.0. The SMILES string of the molecule is CO[C@H]1[C@@H](O)[C@H](O[C@H]2[C@@H](OC)C[C@H](O[C@H]3[C@@H](OC)C[C@H](O[C@H]4CC[C@@]5(C)C(=CC[C@]6(O)[C@@H]5[C@H](OC(C)=O)[C@@H](OC(=O)c5ccccc5)[C@]5(C)[C@H](C(C)=O)CC[C@@]56O)C4)O[C@@H]3C)O[C@@H]2C)O[C@H](C)[C@H]1O. The van der Waals surface area contributed by atoms with E-state index in [1.165, 1.54) is 21.0 Å². The highest BCUT2D eigenvalue weighted by molar-refractivity contribution is 5.89. The molecule has 69 heavy (non-hydrogen) atoms. The van der Waals surface area contributed by atoms with Gasteiger partial charge in [0, 0.05) is 58.3 Å². The lowest BCUT2D eigenvalue weighted by molar-refractivity contribution is -0.352. The third-order valence-corrected chi connectivity index (χ3v) is 17.3. The van der Waals surface area contributed by atoms with E-state index in [1.54, 1.807) is 58.4 Å². The molecule has 0 aromatic heterocycles. The molecule has 386 valence electrons. The van der Waals surface area contributed by atoms with E-state index in [9.17, 15) is 34.8 Å². The normalized spacial score (nSPS) is 47.5. The molecule has 3 saturated heterocycles. The van der Waals surface area contributed by atoms with Crippen molar-refractivity contribution in [3.8, 4) is 0 Å². The molecular weight excluding hydrogens is 901 g/mol. The molecule has 18 nitrogen and oxygen atoms in total. The molecule has 3 aliphatic heterocycles. The predicted octanol–water partition coefficient (Wildman–Crippen LogP) is 3.70. The van der Waals surface area contributed by atoms with Gasteiger partial charge >= 0.3 is 11.9 Å². The second kappa shape index (κ2) is 20.2. The van der Waals surface area contributed by atoms with Crippen molar-refractivity contribution in [3.63, 3.8) is 0 Å². The Bertz CT molecular complexity index is 2040. The summed E-state index contributed by atoms with van der Waals surface area (Å²) in [6.45, 7) is 11.8. The Morgan fingerprint density at radius 3 is 1.93 bits per heavy atom. The minimum Gasteiger partial charge on any atom is -0.458 e. The van der Waals surface area contributed by atoms with E-state index in [0.717, 1.165) is 5.57 Å². The van der Waals surface area contributed by atoms with Crippen LogP contribution in [0, 0.1) is 22.7 Å². The van der Waals surface area contributed by atoms with Gasteiger partial charge in [0.05, 0.1) is 42.2 Å². The summed E-state index contributed by atoms with van der Waals surface area (Å²) in [5, 5.41) is 47.7. The van der Waals surface area contributed by atoms with E-state index in [0.29, 0.717) is 25.7 Å². The number of carbonyl (C=O) groups is 3. The second-order valence-electron chi connectivity index (χ2n) is 21.0. The van der Waals surface area contributed by atoms with Crippen molar-refractivity contribution in [1.82, 2.24) is 0 Å². The van der Waals surface area contributed by atoms with E-state index in [2.05, 4.69) is 0 Å². The number of hydrogen-bond donors (Lipinski definition) is 4. The number of ether oxygens (including phenoxy) is 11. The van der Waals surface area contributed by atoms with Crippen LogP contribution in [0.4, 0.5) is 0 Å². The van der Waals surface area contributed by atoms with Crippen LogP contribution >= 0.6 is 0 Å². The molecule has 1 aromatic carbocycles. The van der Waals surface area contributed by atoms with Crippen LogP contribution in [0.15, 0.2) is 42.0 Å². The van der Waals surface area contributed by atoms with Crippen molar-refractivity contribution >= 4 is 17.7 Å². The number of ketones is 1. The van der Waals surface area contributed by atoms with Gasteiger partial charge in [-0.15, -0.1) is 0 Å². The molecule has 8 rings (SSSR count). The minimum absolute atomic E-state index is 0.0114. The van der Waals surface area contributed by atoms with Crippen LogP contribution in [0.2, 0.25) is 0 Å². The smallest absolute Gasteiger partial charge is 0.338 e. The van der Waals surface area contributed by atoms with Gasteiger partial charge in [-0.2, -0.15) is 0 Å². The van der Waals surface area contributed by atoms with Gasteiger partial charge in [-0.25, -0.2) is 4.79 Å². The summed E-state index contributed by atoms with van der Waals surface area (Å²) in [6, 6.07) is 8.40. The maximum Gasteiger partial charge on any atom is 0.338 e. The molecule has 0 spiro atoms. The average Bonchev–Trinajstić information content (AvgIpc) is 3.60. The highest BCUT2D eigenvalue weighted by Crippen LogP contribution is 2.70. The molecule has 6 fully saturated rings. The average molecular weight is 975 g/mol. The predicted molar refractivity (Wildman–Crippen MR) is 242 cm³/mol. The summed E-state index contributed by atoms with van der Waals surface area (Å²) in [6.07, 6.45) is -7.95. The number of aliphatic hydroxyl groups is 4. The molecule has 18 heteroatoms. The first-order valence-corrected chi connectivity index (χ1v) is 24.6. The van der Waals surface area contributed by atoms with E-state index < -0.39 is 138 Å². The molecule has 0 radical (unpaired) electrons. The van der Waals surface area contributed by atoms with Gasteiger partial charge in [-0.1, -0.05) is 43.7 Å². The van der Waals surface area contributed by atoms with Crippen LogP contribution in [0.5, 0.6) is 0 Å². The standard InChI is InChI=1S/C51H74O18/c1-25(52)33-18-21-51(58)49(33,7)45(69-46(56)30-14-12-11-13-15-30)43(65-29(5)53)44-48(6)19-17-32(22-31(48)16-20-50(44,51)57)66-36-23-34(59-8)40(27(3)62-36)67-37-24-35(60-9)41(28(4)63-37)68-47-39(55)42(61-10)38(54)26(2)64-47/h11-16,26-28,32-45,47,54-55,57-58H,17-24H2,1-10H3/t26-,27-,28-,32+,33+,34+,35+,36+,37+,38-,39-,40-,41-,42-,43+,44-,45-,47+,48+,49+,50+,51-/m1/s1. The molecule has 7 aliphatic rings. The fourth-order valence-electron chi connectivity index (χ4n) is 13.7. The summed E-state index contributed by atoms with van der Waals surface area (Å²) in [7, 11) is 4.58. The van der Waals surface area contributed by atoms with Crippen molar-refractivity contribution in [2.45, 2.75) is 209 Å². The topological polar surface area (TPSA) is 234 Å². The van der Waals surface area contributed by atoms with Gasteiger partial charge in [-0.3, -0.25) is 9.59 Å². The van der Waals surface area contributed by atoms with Crippen LogP contribution in [-0.2, 0) is 61.7 Å². The number of carbonyl (C=O) groups excluding carboxylic acids is 3. The van der Waals surface area contributed by atoms with E-state index in [1.807, 2.05) is 26.8 Å². The molecule has 3 saturated carbocycles. The molecule has 3 heterocycles. The number of Topliss-reactive ketones (excluding diaryl/α,β-unsaturated/α-hetero) is 1.